The second kappa shape index (κ2) is 5.05. The molecule has 0 bridgehead atoms. The number of ketones is 1. The number of thioether (sulfide) groups is 1. The molecule has 1 aliphatic rings. The molecule has 1 fully saturated rings. The molecule has 0 aromatic heterocycles. The highest BCUT2D eigenvalue weighted by molar-refractivity contribution is 8.00. The number of sulfone groups is 1. The van der Waals surface area contributed by atoms with Gasteiger partial charge in [-0.15, -0.1) is 11.8 Å². The normalized spacial score (nSPS) is 24.4. The van der Waals surface area contributed by atoms with Gasteiger partial charge < -0.3 is 0 Å². The van der Waals surface area contributed by atoms with Gasteiger partial charge >= 0.3 is 0 Å². The van der Waals surface area contributed by atoms with Gasteiger partial charge in [-0.2, -0.15) is 0 Å². The number of hydrogen-bond donors (Lipinski definition) is 0. The zero-order valence-corrected chi connectivity index (χ0v) is 12.1. The van der Waals surface area contributed by atoms with Crippen LogP contribution < -0.4 is 0 Å². The van der Waals surface area contributed by atoms with Crippen molar-refractivity contribution in [2.45, 2.75) is 34.8 Å². The maximum absolute atomic E-state index is 11.5. The molecule has 0 saturated heterocycles. The Balaban J connectivity index is 2.10. The van der Waals surface area contributed by atoms with Crippen LogP contribution in [0.2, 0.25) is 0 Å². The Morgan fingerprint density at radius 3 is 2.28 bits per heavy atom. The van der Waals surface area contributed by atoms with E-state index in [0.29, 0.717) is 22.3 Å². The van der Waals surface area contributed by atoms with Gasteiger partial charge in [0.2, 0.25) is 0 Å². The molecule has 1 saturated carbocycles. The summed E-state index contributed by atoms with van der Waals surface area (Å²) in [6, 6.07) is 6.88. The van der Waals surface area contributed by atoms with Crippen molar-refractivity contribution < 1.29 is 13.2 Å². The molecule has 3 nitrogen and oxygen atoms in total. The summed E-state index contributed by atoms with van der Waals surface area (Å²) in [4.78, 5) is 12.8. The van der Waals surface area contributed by atoms with Crippen molar-refractivity contribution in [3.05, 3.63) is 24.3 Å². The van der Waals surface area contributed by atoms with Crippen LogP contribution in [0.25, 0.3) is 0 Å². The van der Waals surface area contributed by atoms with Gasteiger partial charge in [-0.1, -0.05) is 6.92 Å². The van der Waals surface area contributed by atoms with Gasteiger partial charge in [0, 0.05) is 28.7 Å². The van der Waals surface area contributed by atoms with E-state index in [1.54, 1.807) is 23.9 Å². The summed E-state index contributed by atoms with van der Waals surface area (Å²) in [6.45, 7) is 1.97. The number of carbonyl (C=O) groups excluding carboxylic acids is 1. The Kier molecular flexibility index (Phi) is 3.82. The van der Waals surface area contributed by atoms with Gasteiger partial charge in [0.25, 0.3) is 0 Å². The van der Waals surface area contributed by atoms with Gasteiger partial charge in [-0.3, -0.25) is 4.79 Å². The minimum atomic E-state index is -3.13. The van der Waals surface area contributed by atoms with Crippen LogP contribution in [0.5, 0.6) is 0 Å². The molecular formula is C13H16O3S2. The molecule has 0 N–H and O–H groups in total. The third kappa shape index (κ3) is 2.95. The van der Waals surface area contributed by atoms with E-state index >= 15 is 0 Å². The minimum absolute atomic E-state index is 0.101. The lowest BCUT2D eigenvalue weighted by molar-refractivity contribution is -0.120. The fraction of sp³-hybridized carbons (Fsp3) is 0.462. The third-order valence-electron chi connectivity index (χ3n) is 3.28. The largest absolute Gasteiger partial charge is 0.299 e. The van der Waals surface area contributed by atoms with E-state index in [1.807, 2.05) is 19.1 Å². The van der Waals surface area contributed by atoms with E-state index in [9.17, 15) is 13.2 Å². The number of hydrogen-bond acceptors (Lipinski definition) is 4. The van der Waals surface area contributed by atoms with E-state index in [0.717, 1.165) is 11.3 Å². The number of benzene rings is 1. The van der Waals surface area contributed by atoms with E-state index < -0.39 is 9.84 Å². The molecule has 0 radical (unpaired) electrons. The molecule has 1 aromatic rings. The molecule has 1 aliphatic carbocycles. The van der Waals surface area contributed by atoms with Crippen molar-refractivity contribution in [1.29, 1.82) is 0 Å². The number of rotatable bonds is 3. The topological polar surface area (TPSA) is 51.2 Å². The highest BCUT2D eigenvalue weighted by Crippen LogP contribution is 2.37. The van der Waals surface area contributed by atoms with Crippen molar-refractivity contribution in [3.8, 4) is 0 Å². The van der Waals surface area contributed by atoms with E-state index in [2.05, 4.69) is 0 Å². The Morgan fingerprint density at radius 2 is 1.83 bits per heavy atom. The van der Waals surface area contributed by atoms with Gasteiger partial charge in [-0.05, 0) is 30.7 Å². The zero-order chi connectivity index (χ0) is 13.3. The Hall–Kier alpha value is -0.810. The predicted octanol–water partition coefficient (Wildman–Crippen LogP) is 2.55. The van der Waals surface area contributed by atoms with Crippen LogP contribution >= 0.6 is 11.8 Å². The van der Waals surface area contributed by atoms with Gasteiger partial charge in [0.15, 0.2) is 9.84 Å². The van der Waals surface area contributed by atoms with Crippen molar-refractivity contribution in [2.24, 2.45) is 5.92 Å². The second-order valence-electron chi connectivity index (χ2n) is 4.69. The summed E-state index contributed by atoms with van der Waals surface area (Å²) in [6.07, 6.45) is 2.78. The summed E-state index contributed by atoms with van der Waals surface area (Å²) >= 11 is 1.67. The summed E-state index contributed by atoms with van der Waals surface area (Å²) < 4.78 is 22.7. The first-order valence-electron chi connectivity index (χ1n) is 5.87. The van der Waals surface area contributed by atoms with Crippen LogP contribution in [-0.2, 0) is 14.6 Å². The maximum atomic E-state index is 11.5. The van der Waals surface area contributed by atoms with Crippen molar-refractivity contribution in [3.63, 3.8) is 0 Å². The van der Waals surface area contributed by atoms with Crippen LogP contribution in [0, 0.1) is 5.92 Å². The number of carbonyl (C=O) groups is 1. The summed E-state index contributed by atoms with van der Waals surface area (Å²) in [5.74, 6) is 0.435. The van der Waals surface area contributed by atoms with Crippen LogP contribution in [0.15, 0.2) is 34.1 Å². The van der Waals surface area contributed by atoms with E-state index in [-0.39, 0.29) is 5.92 Å². The minimum Gasteiger partial charge on any atom is -0.299 e. The Morgan fingerprint density at radius 1 is 1.22 bits per heavy atom. The third-order valence-corrected chi connectivity index (χ3v) is 5.90. The molecule has 98 valence electrons. The lowest BCUT2D eigenvalue weighted by Crippen LogP contribution is -2.11. The van der Waals surface area contributed by atoms with Gasteiger partial charge in [-0.25, -0.2) is 8.42 Å². The molecule has 0 amide bonds. The molecular weight excluding hydrogens is 268 g/mol. The fourth-order valence-corrected chi connectivity index (χ4v) is 3.94. The molecule has 0 spiro atoms. The molecule has 2 unspecified atom stereocenters. The molecule has 1 aromatic carbocycles. The monoisotopic (exact) mass is 284 g/mol. The van der Waals surface area contributed by atoms with Crippen molar-refractivity contribution in [2.75, 3.05) is 6.26 Å². The molecule has 18 heavy (non-hydrogen) atoms. The summed E-state index contributed by atoms with van der Waals surface area (Å²) in [7, 11) is -3.13. The van der Waals surface area contributed by atoms with Crippen molar-refractivity contribution in [1.82, 2.24) is 0 Å². The fourth-order valence-electron chi connectivity index (χ4n) is 2.07. The van der Waals surface area contributed by atoms with Crippen LogP contribution in [0.1, 0.15) is 19.8 Å². The van der Waals surface area contributed by atoms with Crippen LogP contribution in [0.4, 0.5) is 0 Å². The molecule has 5 heteroatoms. The average Bonchev–Trinajstić information content (AvgIpc) is 2.61. The molecule has 2 atom stereocenters. The first kappa shape index (κ1) is 13.6. The molecule has 2 rings (SSSR count). The lowest BCUT2D eigenvalue weighted by atomic mass is 10.1. The second-order valence-corrected chi connectivity index (χ2v) is 8.02. The summed E-state index contributed by atoms with van der Waals surface area (Å²) in [5.41, 5.74) is 0. The van der Waals surface area contributed by atoms with Crippen LogP contribution in [0.3, 0.4) is 0 Å². The predicted molar refractivity (Wildman–Crippen MR) is 72.6 cm³/mol. The highest BCUT2D eigenvalue weighted by atomic mass is 32.2. The summed E-state index contributed by atoms with van der Waals surface area (Å²) in [5, 5.41) is 0.321. The number of Topliss-reactive ketones (excluding diaryl/α,β-unsaturated/α-hetero) is 1. The molecule has 0 heterocycles. The quantitative estimate of drug-likeness (QED) is 0.856. The first-order chi connectivity index (χ1) is 8.38. The smallest absolute Gasteiger partial charge is 0.175 e. The highest BCUT2D eigenvalue weighted by Gasteiger charge is 2.31. The maximum Gasteiger partial charge on any atom is 0.175 e. The lowest BCUT2D eigenvalue weighted by Gasteiger charge is -2.13. The van der Waals surface area contributed by atoms with E-state index in [4.69, 9.17) is 0 Å². The van der Waals surface area contributed by atoms with Gasteiger partial charge in [0.1, 0.15) is 5.78 Å². The average molecular weight is 284 g/mol. The van der Waals surface area contributed by atoms with Gasteiger partial charge in [0.05, 0.1) is 4.90 Å². The Labute approximate surface area is 112 Å². The SMILES string of the molecule is CC1C(=O)CCC1Sc1ccc(S(C)(=O)=O)cc1. The zero-order valence-electron chi connectivity index (χ0n) is 10.4. The first-order valence-corrected chi connectivity index (χ1v) is 8.64. The van der Waals surface area contributed by atoms with Crippen LogP contribution in [-0.4, -0.2) is 25.7 Å². The Bertz CT molecular complexity index is 546. The van der Waals surface area contributed by atoms with E-state index in [1.165, 1.54) is 6.26 Å². The van der Waals surface area contributed by atoms with Crippen molar-refractivity contribution >= 4 is 27.4 Å². The molecule has 0 aliphatic heterocycles. The standard InChI is InChI=1S/C13H16O3S2/c1-9-12(14)7-8-13(9)17-10-3-5-11(6-4-10)18(2,15)16/h3-6,9,13H,7-8H2,1-2H3.